The number of benzene rings is 1. The van der Waals surface area contributed by atoms with Crippen LogP contribution in [-0.4, -0.2) is 24.2 Å². The Bertz CT molecular complexity index is 432. The monoisotopic (exact) mass is 238 g/mol. The number of methoxy groups -OCH3 is 1. The molecule has 0 bridgehead atoms. The van der Waals surface area contributed by atoms with E-state index in [1.165, 1.54) is 0 Å². The number of hydrogen-bond acceptors (Lipinski definition) is 4. The summed E-state index contributed by atoms with van der Waals surface area (Å²) in [5.41, 5.74) is 14.0. The molecule has 0 saturated carbocycles. The zero-order chi connectivity index (χ0) is 13.2. The van der Waals surface area contributed by atoms with Crippen molar-refractivity contribution in [3.63, 3.8) is 0 Å². The smallest absolute Gasteiger partial charge is 0.322 e. The van der Waals surface area contributed by atoms with Crippen molar-refractivity contribution < 1.29 is 14.6 Å². The normalized spacial score (nSPS) is 14.2. The molecule has 5 nitrogen and oxygen atoms in total. The van der Waals surface area contributed by atoms with Gasteiger partial charge in [0.15, 0.2) is 0 Å². The van der Waals surface area contributed by atoms with Crippen molar-refractivity contribution in [1.29, 1.82) is 0 Å². The first-order chi connectivity index (χ1) is 7.90. The summed E-state index contributed by atoms with van der Waals surface area (Å²) in [5, 5.41) is 8.84. The van der Waals surface area contributed by atoms with E-state index in [-0.39, 0.29) is 0 Å². The summed E-state index contributed by atoms with van der Waals surface area (Å²) in [7, 11) is 1.59. The summed E-state index contributed by atoms with van der Waals surface area (Å²) in [6.07, 6.45) is 0. The molecule has 0 aliphatic heterocycles. The van der Waals surface area contributed by atoms with Crippen LogP contribution in [0.3, 0.4) is 0 Å². The van der Waals surface area contributed by atoms with E-state index in [1.54, 1.807) is 19.2 Å². The van der Waals surface area contributed by atoms with Gasteiger partial charge in [-0.15, -0.1) is 0 Å². The minimum Gasteiger partial charge on any atom is -0.496 e. The maximum absolute atomic E-state index is 10.8. The van der Waals surface area contributed by atoms with Crippen molar-refractivity contribution in [3.05, 3.63) is 28.8 Å². The SMILES string of the molecule is COc1ccc(C(N)C(N)C(=O)O)c(C)c1C. The van der Waals surface area contributed by atoms with Crippen LogP contribution in [0.25, 0.3) is 0 Å². The second kappa shape index (κ2) is 5.16. The number of hydrogen-bond donors (Lipinski definition) is 3. The number of carboxylic acid groups (broad SMARTS) is 1. The molecule has 0 aliphatic carbocycles. The second-order valence-corrected chi connectivity index (χ2v) is 4.00. The van der Waals surface area contributed by atoms with Crippen LogP contribution in [0.5, 0.6) is 5.75 Å². The van der Waals surface area contributed by atoms with Crippen LogP contribution in [0.15, 0.2) is 12.1 Å². The molecule has 0 aliphatic rings. The molecule has 0 fully saturated rings. The predicted octanol–water partition coefficient (Wildman–Crippen LogP) is 0.724. The lowest BCUT2D eigenvalue weighted by Gasteiger charge is -2.20. The van der Waals surface area contributed by atoms with Crippen molar-refractivity contribution in [1.82, 2.24) is 0 Å². The molecule has 0 aromatic heterocycles. The maximum Gasteiger partial charge on any atom is 0.322 e. The van der Waals surface area contributed by atoms with Gasteiger partial charge in [0.1, 0.15) is 11.8 Å². The van der Waals surface area contributed by atoms with E-state index < -0.39 is 18.1 Å². The van der Waals surface area contributed by atoms with Crippen molar-refractivity contribution in [3.8, 4) is 5.75 Å². The molecule has 2 unspecified atom stereocenters. The minimum absolute atomic E-state index is 0.725. The fourth-order valence-corrected chi connectivity index (χ4v) is 1.75. The third-order valence-corrected chi connectivity index (χ3v) is 3.03. The molecule has 1 aromatic carbocycles. The molecule has 5 N–H and O–H groups in total. The number of rotatable bonds is 4. The number of aliphatic carboxylic acids is 1. The van der Waals surface area contributed by atoms with Gasteiger partial charge in [-0.1, -0.05) is 6.07 Å². The van der Waals surface area contributed by atoms with Gasteiger partial charge in [0.2, 0.25) is 0 Å². The Morgan fingerprint density at radius 3 is 2.35 bits per heavy atom. The zero-order valence-corrected chi connectivity index (χ0v) is 10.2. The van der Waals surface area contributed by atoms with Crippen molar-refractivity contribution in [2.45, 2.75) is 25.9 Å². The first-order valence-corrected chi connectivity index (χ1v) is 5.28. The van der Waals surface area contributed by atoms with Gasteiger partial charge < -0.3 is 21.3 Å². The molecule has 0 amide bonds. The quantitative estimate of drug-likeness (QED) is 0.718. The van der Waals surface area contributed by atoms with E-state index in [2.05, 4.69) is 0 Å². The topological polar surface area (TPSA) is 98.6 Å². The maximum atomic E-state index is 10.8. The Hall–Kier alpha value is -1.59. The molecule has 0 radical (unpaired) electrons. The summed E-state index contributed by atoms with van der Waals surface area (Å²) >= 11 is 0. The minimum atomic E-state index is -1.11. The average molecular weight is 238 g/mol. The first kappa shape index (κ1) is 13.5. The van der Waals surface area contributed by atoms with E-state index in [0.717, 1.165) is 22.4 Å². The number of carbonyl (C=O) groups is 1. The van der Waals surface area contributed by atoms with Crippen LogP contribution >= 0.6 is 0 Å². The molecule has 0 heterocycles. The van der Waals surface area contributed by atoms with Crippen molar-refractivity contribution >= 4 is 5.97 Å². The summed E-state index contributed by atoms with van der Waals surface area (Å²) in [4.78, 5) is 10.8. The van der Waals surface area contributed by atoms with Crippen molar-refractivity contribution in [2.75, 3.05) is 7.11 Å². The van der Waals surface area contributed by atoms with Gasteiger partial charge in [-0.05, 0) is 36.6 Å². The lowest BCUT2D eigenvalue weighted by Crippen LogP contribution is -2.41. The van der Waals surface area contributed by atoms with Crippen LogP contribution in [-0.2, 0) is 4.79 Å². The van der Waals surface area contributed by atoms with Gasteiger partial charge >= 0.3 is 5.97 Å². The Balaban J connectivity index is 3.16. The highest BCUT2D eigenvalue weighted by Gasteiger charge is 2.24. The van der Waals surface area contributed by atoms with E-state index >= 15 is 0 Å². The highest BCUT2D eigenvalue weighted by Crippen LogP contribution is 2.27. The molecule has 17 heavy (non-hydrogen) atoms. The van der Waals surface area contributed by atoms with Crippen LogP contribution in [0, 0.1) is 13.8 Å². The molecule has 1 aromatic rings. The van der Waals surface area contributed by atoms with Gasteiger partial charge in [-0.3, -0.25) is 4.79 Å². The number of nitrogens with two attached hydrogens (primary N) is 2. The molecule has 94 valence electrons. The van der Waals surface area contributed by atoms with Crippen LogP contribution in [0.1, 0.15) is 22.7 Å². The average Bonchev–Trinajstić information content (AvgIpc) is 2.30. The van der Waals surface area contributed by atoms with Gasteiger partial charge in [0, 0.05) is 0 Å². The fourth-order valence-electron chi connectivity index (χ4n) is 1.75. The van der Waals surface area contributed by atoms with Crippen LogP contribution in [0.4, 0.5) is 0 Å². The fraction of sp³-hybridized carbons (Fsp3) is 0.417. The van der Waals surface area contributed by atoms with E-state index in [4.69, 9.17) is 21.3 Å². The lowest BCUT2D eigenvalue weighted by atomic mass is 9.93. The van der Waals surface area contributed by atoms with Crippen LogP contribution in [0.2, 0.25) is 0 Å². The zero-order valence-electron chi connectivity index (χ0n) is 10.2. The second-order valence-electron chi connectivity index (χ2n) is 4.00. The third kappa shape index (κ3) is 2.57. The Morgan fingerprint density at radius 2 is 1.88 bits per heavy atom. The lowest BCUT2D eigenvalue weighted by molar-refractivity contribution is -0.139. The van der Waals surface area contributed by atoms with E-state index in [1.807, 2.05) is 13.8 Å². The van der Waals surface area contributed by atoms with E-state index in [0.29, 0.717) is 0 Å². The van der Waals surface area contributed by atoms with Gasteiger partial charge in [0.25, 0.3) is 0 Å². The van der Waals surface area contributed by atoms with Crippen LogP contribution < -0.4 is 16.2 Å². The van der Waals surface area contributed by atoms with Gasteiger partial charge in [-0.25, -0.2) is 0 Å². The summed E-state index contributed by atoms with van der Waals surface area (Å²) in [6.45, 7) is 3.78. The Morgan fingerprint density at radius 1 is 1.29 bits per heavy atom. The molecular formula is C12H18N2O3. The predicted molar refractivity (Wildman–Crippen MR) is 65.0 cm³/mol. The van der Waals surface area contributed by atoms with Gasteiger partial charge in [0.05, 0.1) is 13.2 Å². The molecule has 0 spiro atoms. The Labute approximate surface area is 100 Å². The first-order valence-electron chi connectivity index (χ1n) is 5.28. The standard InChI is InChI=1S/C12H18N2O3/c1-6-7(2)9(17-3)5-4-8(6)10(13)11(14)12(15)16/h4-5,10-11H,13-14H2,1-3H3,(H,15,16). The Kier molecular flexibility index (Phi) is 4.09. The summed E-state index contributed by atoms with van der Waals surface area (Å²) in [6, 6.07) is 1.69. The molecule has 0 saturated heterocycles. The number of ether oxygens (including phenoxy) is 1. The van der Waals surface area contributed by atoms with Gasteiger partial charge in [-0.2, -0.15) is 0 Å². The number of carboxylic acids is 1. The molecule has 5 heteroatoms. The largest absolute Gasteiger partial charge is 0.496 e. The summed E-state index contributed by atoms with van der Waals surface area (Å²) < 4.78 is 5.18. The highest BCUT2D eigenvalue weighted by molar-refractivity contribution is 5.74. The summed E-state index contributed by atoms with van der Waals surface area (Å²) in [5.74, 6) is -0.354. The highest BCUT2D eigenvalue weighted by atomic mass is 16.5. The van der Waals surface area contributed by atoms with E-state index in [9.17, 15) is 4.79 Å². The molecule has 1 rings (SSSR count). The van der Waals surface area contributed by atoms with Crippen molar-refractivity contribution in [2.24, 2.45) is 11.5 Å². The molecular weight excluding hydrogens is 220 g/mol. The molecule has 2 atom stereocenters. The third-order valence-electron chi connectivity index (χ3n) is 3.03.